The molecule has 0 atom stereocenters. The van der Waals surface area contributed by atoms with Crippen molar-refractivity contribution in [2.24, 2.45) is 0 Å². The van der Waals surface area contributed by atoms with E-state index in [9.17, 15) is 0 Å². The maximum atomic E-state index is 3.29. The average Bonchev–Trinajstić information content (AvgIpc) is 2.86. The molecule has 0 aliphatic heterocycles. The van der Waals surface area contributed by atoms with Crippen LogP contribution in [0.25, 0.3) is 0 Å². The van der Waals surface area contributed by atoms with Crippen molar-refractivity contribution >= 4 is 0 Å². The van der Waals surface area contributed by atoms with Crippen LogP contribution in [0.4, 0.5) is 0 Å². The second-order valence-corrected chi connectivity index (χ2v) is 10.4. The Bertz CT molecular complexity index is 465. The van der Waals surface area contributed by atoms with E-state index in [0.717, 1.165) is 19.3 Å². The third-order valence-corrected chi connectivity index (χ3v) is 6.88. The van der Waals surface area contributed by atoms with Gasteiger partial charge in [0, 0.05) is 0 Å². The van der Waals surface area contributed by atoms with Crippen LogP contribution in [0.2, 0.25) is 0 Å². The van der Waals surface area contributed by atoms with Gasteiger partial charge in [0.15, 0.2) is 0 Å². The number of rotatable bonds is 0. The van der Waals surface area contributed by atoms with E-state index < -0.39 is 0 Å². The summed E-state index contributed by atoms with van der Waals surface area (Å²) < 4.78 is 0. The van der Waals surface area contributed by atoms with Crippen LogP contribution in [0.15, 0.2) is 54.7 Å². The largest absolute Gasteiger partial charge is 3.00 e. The molecule has 3 aliphatic rings. The first-order valence-electron chi connectivity index (χ1n) is 15.7. The molecule has 0 fully saturated rings. The zero-order valence-corrected chi connectivity index (χ0v) is 25.7. The summed E-state index contributed by atoms with van der Waals surface area (Å²) in [7, 11) is 0. The molecule has 0 N–H and O–H groups in total. The molecule has 0 aromatic carbocycles. The summed E-state index contributed by atoms with van der Waals surface area (Å²) in [5.74, 6) is 0. The Hall–Kier alpha value is -0.846. The molecule has 1 radical (unpaired) electrons. The van der Waals surface area contributed by atoms with Crippen molar-refractivity contribution in [1.29, 1.82) is 0 Å². The third-order valence-electron chi connectivity index (χ3n) is 6.88. The number of hydrogen-bond acceptors (Lipinski definition) is 0. The van der Waals surface area contributed by atoms with Crippen molar-refractivity contribution in [3.05, 3.63) is 72.9 Å². The zero-order valence-electron chi connectivity index (χ0n) is 24.2. The van der Waals surface area contributed by atoms with Crippen LogP contribution in [-0.2, 0) is 21.7 Å². The fourth-order valence-electron chi connectivity index (χ4n) is 4.54. The fraction of sp³-hybridized carbons (Fsp3) is 0.667. The molecule has 1 heteroatoms. The topological polar surface area (TPSA) is 0 Å². The Morgan fingerprint density at radius 1 is 0.297 bits per heavy atom. The summed E-state index contributed by atoms with van der Waals surface area (Å²) in [6, 6.07) is 0. The quantitative estimate of drug-likeness (QED) is 0.213. The smallest absolute Gasteiger partial charge is 0.275 e. The predicted molar refractivity (Wildman–Crippen MR) is 162 cm³/mol. The molecular weight excluding hydrogens is 480 g/mol. The van der Waals surface area contributed by atoms with Gasteiger partial charge in [-0.3, -0.25) is 18.2 Å². The molecule has 3 aliphatic carbocycles. The van der Waals surface area contributed by atoms with Gasteiger partial charge in [0.1, 0.15) is 0 Å². The van der Waals surface area contributed by atoms with Crippen molar-refractivity contribution in [1.82, 2.24) is 0 Å². The molecule has 0 unspecified atom stereocenters. The summed E-state index contributed by atoms with van der Waals surface area (Å²) >= 11 is 0. The predicted octanol–water partition coefficient (Wildman–Crippen LogP) is 12.1. The van der Waals surface area contributed by atoms with E-state index in [1.54, 1.807) is 0 Å². The molecule has 0 heterocycles. The van der Waals surface area contributed by atoms with Gasteiger partial charge < -0.3 is 0 Å². The molecule has 0 aromatic rings. The van der Waals surface area contributed by atoms with Crippen LogP contribution in [-0.4, -0.2) is 0 Å². The summed E-state index contributed by atoms with van der Waals surface area (Å²) in [5.41, 5.74) is 0. The standard InChI is InChI=1S/3C12H19.Ti/c3*1-2-4-6-8-10-12-11-9-7-5-3-1;/h3*1-3H,4,6-12H2;/q3*-1;+3. The Labute approximate surface area is 247 Å². The number of allylic oxidation sites excluding steroid dienone is 12. The van der Waals surface area contributed by atoms with Crippen molar-refractivity contribution in [2.75, 3.05) is 0 Å². The molecule has 0 nitrogen and oxygen atoms in total. The van der Waals surface area contributed by atoms with Gasteiger partial charge in [-0.1, -0.05) is 135 Å². The molecule has 205 valence electrons. The van der Waals surface area contributed by atoms with Crippen LogP contribution in [0.3, 0.4) is 0 Å². The van der Waals surface area contributed by atoms with E-state index in [1.807, 2.05) is 0 Å². The molecule has 0 saturated carbocycles. The van der Waals surface area contributed by atoms with Crippen LogP contribution >= 0.6 is 0 Å². The molecule has 0 amide bonds. The normalized spacial score (nSPS) is 20.8. The van der Waals surface area contributed by atoms with E-state index in [2.05, 4.69) is 72.9 Å². The minimum Gasteiger partial charge on any atom is -0.275 e. The van der Waals surface area contributed by atoms with Gasteiger partial charge >= 0.3 is 21.7 Å². The summed E-state index contributed by atoms with van der Waals surface area (Å²) in [6.45, 7) is 0. The minimum absolute atomic E-state index is 0. The Balaban J connectivity index is 0.000000518. The van der Waals surface area contributed by atoms with E-state index in [1.165, 1.54) is 135 Å². The third kappa shape index (κ3) is 31.3. The monoisotopic (exact) mass is 537 g/mol. The number of hydrogen-bond donors (Lipinski definition) is 0. The van der Waals surface area contributed by atoms with E-state index in [4.69, 9.17) is 0 Å². The Morgan fingerprint density at radius 2 is 0.541 bits per heavy atom. The van der Waals surface area contributed by atoms with Crippen molar-refractivity contribution < 1.29 is 21.7 Å². The summed E-state index contributed by atoms with van der Waals surface area (Å²) in [5, 5.41) is 0. The first kappa shape index (κ1) is 36.2. The van der Waals surface area contributed by atoms with Crippen LogP contribution < -0.4 is 0 Å². The van der Waals surface area contributed by atoms with Gasteiger partial charge in [-0.05, 0) is 0 Å². The van der Waals surface area contributed by atoms with E-state index >= 15 is 0 Å². The molecule has 37 heavy (non-hydrogen) atoms. The molecule has 0 bridgehead atoms. The van der Waals surface area contributed by atoms with Gasteiger partial charge in [0.25, 0.3) is 0 Å². The molecule has 0 aromatic heterocycles. The van der Waals surface area contributed by atoms with Crippen LogP contribution in [0.5, 0.6) is 0 Å². The van der Waals surface area contributed by atoms with Crippen LogP contribution in [0, 0.1) is 18.2 Å². The SMILES string of the molecule is [C-]1=CC=CCCCCCCCC1.[C-]1=CC=CCCCCCCCC1.[C-]1=CC=CCCCCCCCC1.[Ti+3]. The minimum atomic E-state index is 0. The average molecular weight is 538 g/mol. The van der Waals surface area contributed by atoms with Gasteiger partial charge in [-0.25, -0.2) is 36.5 Å². The van der Waals surface area contributed by atoms with Crippen LogP contribution in [0.1, 0.15) is 154 Å². The van der Waals surface area contributed by atoms with Crippen molar-refractivity contribution in [2.45, 2.75) is 154 Å². The van der Waals surface area contributed by atoms with Gasteiger partial charge in [-0.15, -0.1) is 19.3 Å². The van der Waals surface area contributed by atoms with Gasteiger partial charge in [0.2, 0.25) is 0 Å². The fourth-order valence-corrected chi connectivity index (χ4v) is 4.54. The Kier molecular flexibility index (Phi) is 32.4. The molecule has 0 saturated heterocycles. The summed E-state index contributed by atoms with van der Waals surface area (Å²) in [6.07, 6.45) is 61.5. The van der Waals surface area contributed by atoms with Crippen molar-refractivity contribution in [3.63, 3.8) is 0 Å². The van der Waals surface area contributed by atoms with Gasteiger partial charge in [-0.2, -0.15) is 18.2 Å². The Morgan fingerprint density at radius 3 is 0.838 bits per heavy atom. The maximum Gasteiger partial charge on any atom is 3.00 e. The second-order valence-electron chi connectivity index (χ2n) is 10.4. The van der Waals surface area contributed by atoms with E-state index in [0.29, 0.717) is 0 Å². The molecular formula is C36H57Ti. The second kappa shape index (κ2) is 33.2. The first-order valence-corrected chi connectivity index (χ1v) is 15.7. The van der Waals surface area contributed by atoms with Crippen molar-refractivity contribution in [3.8, 4) is 0 Å². The maximum absolute atomic E-state index is 3.29. The summed E-state index contributed by atoms with van der Waals surface area (Å²) in [4.78, 5) is 0. The zero-order chi connectivity index (χ0) is 25.5. The van der Waals surface area contributed by atoms with Gasteiger partial charge in [0.05, 0.1) is 0 Å². The van der Waals surface area contributed by atoms with E-state index in [-0.39, 0.29) is 21.7 Å². The molecule has 0 spiro atoms. The molecule has 3 rings (SSSR count). The first-order chi connectivity index (χ1) is 18.0.